The van der Waals surface area contributed by atoms with Gasteiger partial charge in [0.05, 0.1) is 6.04 Å². The third kappa shape index (κ3) is 2.48. The van der Waals surface area contributed by atoms with E-state index in [1.54, 1.807) is 6.20 Å². The molecule has 1 unspecified atom stereocenters. The van der Waals surface area contributed by atoms with E-state index < -0.39 is 0 Å². The standard InChI is InChI=1S/C14H15ClN2/c1-2-10-9-17-8-7-11(10)14(16)12-5-3-4-6-13(12)15/h3-9,14H,2,16H2,1H3. The number of aromatic nitrogens is 1. The van der Waals surface area contributed by atoms with Crippen molar-refractivity contribution in [3.05, 3.63) is 64.4 Å². The summed E-state index contributed by atoms with van der Waals surface area (Å²) in [6, 6.07) is 9.46. The minimum absolute atomic E-state index is 0.193. The zero-order valence-electron chi connectivity index (χ0n) is 9.73. The summed E-state index contributed by atoms with van der Waals surface area (Å²) in [6.07, 6.45) is 4.55. The summed E-state index contributed by atoms with van der Waals surface area (Å²) in [5.74, 6) is 0. The normalized spacial score (nSPS) is 12.4. The Morgan fingerprint density at radius 3 is 2.71 bits per heavy atom. The average molecular weight is 247 g/mol. The van der Waals surface area contributed by atoms with Crippen LogP contribution in [-0.4, -0.2) is 4.98 Å². The minimum atomic E-state index is -0.193. The largest absolute Gasteiger partial charge is 0.320 e. The summed E-state index contributed by atoms with van der Waals surface area (Å²) < 4.78 is 0. The van der Waals surface area contributed by atoms with Gasteiger partial charge in [0.15, 0.2) is 0 Å². The van der Waals surface area contributed by atoms with Crippen LogP contribution in [0, 0.1) is 0 Å². The quantitative estimate of drug-likeness (QED) is 0.902. The Morgan fingerprint density at radius 1 is 1.24 bits per heavy atom. The molecule has 88 valence electrons. The van der Waals surface area contributed by atoms with E-state index in [9.17, 15) is 0 Å². The predicted octanol–water partition coefficient (Wildman–Crippen LogP) is 3.35. The second-order valence-electron chi connectivity index (χ2n) is 3.93. The first-order valence-electron chi connectivity index (χ1n) is 5.66. The third-order valence-corrected chi connectivity index (χ3v) is 3.24. The smallest absolute Gasteiger partial charge is 0.0570 e. The Hall–Kier alpha value is -1.38. The fourth-order valence-electron chi connectivity index (χ4n) is 1.93. The van der Waals surface area contributed by atoms with Gasteiger partial charge < -0.3 is 5.73 Å². The molecule has 0 aliphatic heterocycles. The van der Waals surface area contributed by atoms with Gasteiger partial charge in [-0.3, -0.25) is 4.98 Å². The number of halogens is 1. The van der Waals surface area contributed by atoms with Gasteiger partial charge in [-0.05, 0) is 35.2 Å². The maximum atomic E-state index is 6.28. The second kappa shape index (κ2) is 5.30. The molecule has 2 nitrogen and oxygen atoms in total. The van der Waals surface area contributed by atoms with Crippen LogP contribution in [0.3, 0.4) is 0 Å². The van der Waals surface area contributed by atoms with Crippen molar-refractivity contribution < 1.29 is 0 Å². The number of benzene rings is 1. The molecular weight excluding hydrogens is 232 g/mol. The van der Waals surface area contributed by atoms with Crippen LogP contribution in [-0.2, 0) is 6.42 Å². The molecule has 1 aromatic heterocycles. The molecule has 0 fully saturated rings. The predicted molar refractivity (Wildman–Crippen MR) is 71.1 cm³/mol. The molecule has 1 heterocycles. The maximum Gasteiger partial charge on any atom is 0.0570 e. The van der Waals surface area contributed by atoms with E-state index in [-0.39, 0.29) is 6.04 Å². The van der Waals surface area contributed by atoms with Crippen molar-refractivity contribution in [1.82, 2.24) is 4.98 Å². The van der Waals surface area contributed by atoms with Crippen LogP contribution >= 0.6 is 11.6 Å². The molecule has 0 saturated heterocycles. The first kappa shape index (κ1) is 12.1. The van der Waals surface area contributed by atoms with E-state index >= 15 is 0 Å². The molecule has 3 heteroatoms. The Morgan fingerprint density at radius 2 is 2.00 bits per heavy atom. The van der Waals surface area contributed by atoms with Gasteiger partial charge in [-0.15, -0.1) is 0 Å². The molecule has 0 aliphatic rings. The number of aryl methyl sites for hydroxylation is 1. The van der Waals surface area contributed by atoms with Gasteiger partial charge in [-0.1, -0.05) is 36.7 Å². The number of rotatable bonds is 3. The van der Waals surface area contributed by atoms with E-state index in [1.165, 1.54) is 5.56 Å². The van der Waals surface area contributed by atoms with Gasteiger partial charge in [0, 0.05) is 17.4 Å². The van der Waals surface area contributed by atoms with Crippen LogP contribution in [0.5, 0.6) is 0 Å². The molecule has 2 rings (SSSR count). The van der Waals surface area contributed by atoms with Crippen molar-refractivity contribution in [2.45, 2.75) is 19.4 Å². The van der Waals surface area contributed by atoms with E-state index in [4.69, 9.17) is 17.3 Å². The fourth-order valence-corrected chi connectivity index (χ4v) is 2.18. The van der Waals surface area contributed by atoms with Crippen molar-refractivity contribution in [2.75, 3.05) is 0 Å². The molecule has 0 aliphatic carbocycles. The van der Waals surface area contributed by atoms with Gasteiger partial charge in [0.25, 0.3) is 0 Å². The molecule has 0 saturated carbocycles. The molecule has 0 spiro atoms. The summed E-state index contributed by atoms with van der Waals surface area (Å²) in [4.78, 5) is 4.13. The van der Waals surface area contributed by atoms with Crippen LogP contribution in [0.25, 0.3) is 0 Å². The molecule has 0 radical (unpaired) electrons. The number of pyridine rings is 1. The van der Waals surface area contributed by atoms with Gasteiger partial charge in [-0.2, -0.15) is 0 Å². The van der Waals surface area contributed by atoms with E-state index in [1.807, 2.05) is 36.5 Å². The van der Waals surface area contributed by atoms with Gasteiger partial charge >= 0.3 is 0 Å². The molecule has 0 amide bonds. The van der Waals surface area contributed by atoms with Crippen molar-refractivity contribution >= 4 is 11.6 Å². The third-order valence-electron chi connectivity index (χ3n) is 2.90. The Balaban J connectivity index is 2.44. The average Bonchev–Trinajstić information content (AvgIpc) is 2.38. The highest BCUT2D eigenvalue weighted by Gasteiger charge is 2.14. The first-order chi connectivity index (χ1) is 8.24. The lowest BCUT2D eigenvalue weighted by atomic mass is 9.95. The summed E-state index contributed by atoms with van der Waals surface area (Å²) >= 11 is 6.17. The van der Waals surface area contributed by atoms with Crippen LogP contribution in [0.1, 0.15) is 29.7 Å². The molecule has 1 atom stereocenters. The van der Waals surface area contributed by atoms with E-state index in [0.717, 1.165) is 17.5 Å². The molecule has 1 aromatic carbocycles. The monoisotopic (exact) mass is 246 g/mol. The zero-order valence-corrected chi connectivity index (χ0v) is 10.5. The Kier molecular flexibility index (Phi) is 3.77. The molecular formula is C14H15ClN2. The van der Waals surface area contributed by atoms with Gasteiger partial charge in [0.1, 0.15) is 0 Å². The number of hydrogen-bond donors (Lipinski definition) is 1. The molecule has 17 heavy (non-hydrogen) atoms. The summed E-state index contributed by atoms with van der Waals surface area (Å²) in [7, 11) is 0. The highest BCUT2D eigenvalue weighted by molar-refractivity contribution is 6.31. The SMILES string of the molecule is CCc1cnccc1C(N)c1ccccc1Cl. The lowest BCUT2D eigenvalue weighted by molar-refractivity contribution is 0.844. The number of hydrogen-bond acceptors (Lipinski definition) is 2. The van der Waals surface area contributed by atoms with Crippen LogP contribution in [0.2, 0.25) is 5.02 Å². The van der Waals surface area contributed by atoms with E-state index in [0.29, 0.717) is 5.02 Å². The fraction of sp³-hybridized carbons (Fsp3) is 0.214. The molecule has 2 aromatic rings. The van der Waals surface area contributed by atoms with Crippen molar-refractivity contribution in [1.29, 1.82) is 0 Å². The summed E-state index contributed by atoms with van der Waals surface area (Å²) in [6.45, 7) is 2.10. The van der Waals surface area contributed by atoms with Crippen molar-refractivity contribution in [2.24, 2.45) is 5.73 Å². The highest BCUT2D eigenvalue weighted by atomic mass is 35.5. The van der Waals surface area contributed by atoms with Crippen LogP contribution in [0.15, 0.2) is 42.7 Å². The second-order valence-corrected chi connectivity index (χ2v) is 4.33. The van der Waals surface area contributed by atoms with Crippen molar-refractivity contribution in [3.63, 3.8) is 0 Å². The van der Waals surface area contributed by atoms with Gasteiger partial charge in [0.2, 0.25) is 0 Å². The Bertz CT molecular complexity index is 511. The highest BCUT2D eigenvalue weighted by Crippen LogP contribution is 2.27. The van der Waals surface area contributed by atoms with E-state index in [2.05, 4.69) is 11.9 Å². The van der Waals surface area contributed by atoms with Crippen molar-refractivity contribution in [3.8, 4) is 0 Å². The minimum Gasteiger partial charge on any atom is -0.320 e. The summed E-state index contributed by atoms with van der Waals surface area (Å²) in [5.41, 5.74) is 9.49. The van der Waals surface area contributed by atoms with Gasteiger partial charge in [-0.25, -0.2) is 0 Å². The number of nitrogens with two attached hydrogens (primary N) is 1. The lowest BCUT2D eigenvalue weighted by Crippen LogP contribution is -2.14. The maximum absolute atomic E-state index is 6.28. The van der Waals surface area contributed by atoms with Crippen LogP contribution in [0.4, 0.5) is 0 Å². The first-order valence-corrected chi connectivity index (χ1v) is 6.04. The zero-order chi connectivity index (χ0) is 12.3. The lowest BCUT2D eigenvalue weighted by Gasteiger charge is -2.16. The summed E-state index contributed by atoms with van der Waals surface area (Å²) in [5, 5.41) is 0.707. The number of nitrogens with zero attached hydrogens (tertiary/aromatic N) is 1. The topological polar surface area (TPSA) is 38.9 Å². The van der Waals surface area contributed by atoms with Crippen LogP contribution < -0.4 is 5.73 Å². The molecule has 2 N–H and O–H groups in total. The Labute approximate surface area is 106 Å². The molecule has 0 bridgehead atoms.